The van der Waals surface area contributed by atoms with Crippen molar-refractivity contribution in [1.82, 2.24) is 14.8 Å². The van der Waals surface area contributed by atoms with Gasteiger partial charge in [0.1, 0.15) is 17.4 Å². The van der Waals surface area contributed by atoms with Gasteiger partial charge in [0.15, 0.2) is 0 Å². The lowest BCUT2D eigenvalue weighted by Crippen LogP contribution is -2.32. The van der Waals surface area contributed by atoms with Gasteiger partial charge in [-0.2, -0.15) is 5.10 Å². The number of nitrogens with zero attached hydrogens (tertiary/aromatic N) is 3. The van der Waals surface area contributed by atoms with Gasteiger partial charge in [0.25, 0.3) is 0 Å². The van der Waals surface area contributed by atoms with Crippen molar-refractivity contribution >= 4 is 16.8 Å². The minimum atomic E-state index is -1.48. The van der Waals surface area contributed by atoms with Gasteiger partial charge in [-0.3, -0.25) is 9.00 Å². The first-order valence-electron chi connectivity index (χ1n) is 5.94. The third-order valence-electron chi connectivity index (χ3n) is 2.53. The van der Waals surface area contributed by atoms with E-state index in [0.29, 0.717) is 12.4 Å². The lowest BCUT2D eigenvalue weighted by molar-refractivity contribution is -0.137. The van der Waals surface area contributed by atoms with Crippen LogP contribution in [0.5, 0.6) is 0 Å². The van der Waals surface area contributed by atoms with Gasteiger partial charge in [-0.15, -0.1) is 0 Å². The van der Waals surface area contributed by atoms with Crippen LogP contribution in [0.15, 0.2) is 6.33 Å². The Morgan fingerprint density at radius 2 is 2.22 bits per heavy atom. The summed E-state index contributed by atoms with van der Waals surface area (Å²) in [5.41, 5.74) is 0. The second-order valence-corrected chi connectivity index (χ2v) is 5.99. The molecule has 1 aromatic rings. The molecule has 102 valence electrons. The Labute approximate surface area is 109 Å². The summed E-state index contributed by atoms with van der Waals surface area (Å²) in [5, 5.41) is 12.2. The summed E-state index contributed by atoms with van der Waals surface area (Å²) in [4.78, 5) is 15.1. The lowest BCUT2D eigenvalue weighted by Gasteiger charge is -2.15. The number of hydrogen-bond acceptors (Lipinski definition) is 4. The number of carbonyl (C=O) groups is 1. The topological polar surface area (TPSA) is 85.1 Å². The Kier molecular flexibility index (Phi) is 5.46. The second-order valence-electron chi connectivity index (χ2n) is 4.43. The standard InChI is InChI=1S/C11H19N3O3S/c1-4-5-14-9(12-7-13-14)6-18(17)10(8(2)3)11(15)16/h7-8,10H,4-6H2,1-3H3,(H,15,16). The molecule has 6 nitrogen and oxygen atoms in total. The Balaban J connectivity index is 2.79. The fourth-order valence-electron chi connectivity index (χ4n) is 1.72. The van der Waals surface area contributed by atoms with E-state index in [-0.39, 0.29) is 11.7 Å². The van der Waals surface area contributed by atoms with E-state index in [0.717, 1.165) is 6.42 Å². The maximum absolute atomic E-state index is 12.1. The van der Waals surface area contributed by atoms with Crippen molar-refractivity contribution < 1.29 is 14.1 Å². The second kappa shape index (κ2) is 6.63. The highest BCUT2D eigenvalue weighted by Crippen LogP contribution is 2.13. The molecule has 2 atom stereocenters. The quantitative estimate of drug-likeness (QED) is 0.802. The highest BCUT2D eigenvalue weighted by Gasteiger charge is 2.29. The summed E-state index contributed by atoms with van der Waals surface area (Å²) in [6, 6.07) is 0. The number of aryl methyl sites for hydroxylation is 1. The van der Waals surface area contributed by atoms with Crippen molar-refractivity contribution in [2.75, 3.05) is 0 Å². The Hall–Kier alpha value is -1.24. The third kappa shape index (κ3) is 3.63. The molecule has 0 radical (unpaired) electrons. The minimum Gasteiger partial charge on any atom is -0.480 e. The van der Waals surface area contributed by atoms with Crippen LogP contribution in [0.1, 0.15) is 33.0 Å². The highest BCUT2D eigenvalue weighted by atomic mass is 32.2. The minimum absolute atomic E-state index is 0.134. The van der Waals surface area contributed by atoms with Gasteiger partial charge < -0.3 is 5.11 Å². The Bertz CT molecular complexity index is 431. The van der Waals surface area contributed by atoms with Gasteiger partial charge in [-0.25, -0.2) is 9.67 Å². The van der Waals surface area contributed by atoms with E-state index >= 15 is 0 Å². The monoisotopic (exact) mass is 273 g/mol. The molecule has 0 fully saturated rings. The molecule has 2 unspecified atom stereocenters. The summed E-state index contributed by atoms with van der Waals surface area (Å²) < 4.78 is 13.8. The Morgan fingerprint density at radius 1 is 1.56 bits per heavy atom. The van der Waals surface area contributed by atoms with Crippen LogP contribution in [0.4, 0.5) is 0 Å². The number of aliphatic carboxylic acids is 1. The van der Waals surface area contributed by atoms with E-state index in [1.165, 1.54) is 6.33 Å². The first kappa shape index (κ1) is 14.8. The SMILES string of the molecule is CCCn1ncnc1CS(=O)C(C(=O)O)C(C)C. The molecular weight excluding hydrogens is 254 g/mol. The number of carboxylic acids is 1. The molecular formula is C11H19N3O3S. The van der Waals surface area contributed by atoms with Crippen molar-refractivity contribution in [3.63, 3.8) is 0 Å². The van der Waals surface area contributed by atoms with Crippen molar-refractivity contribution in [2.45, 2.75) is 44.7 Å². The molecule has 1 rings (SSSR count). The number of carboxylic acid groups (broad SMARTS) is 1. The fraction of sp³-hybridized carbons (Fsp3) is 0.727. The van der Waals surface area contributed by atoms with E-state index < -0.39 is 22.0 Å². The first-order valence-corrected chi connectivity index (χ1v) is 7.32. The Morgan fingerprint density at radius 3 is 2.72 bits per heavy atom. The van der Waals surface area contributed by atoms with Crippen LogP contribution in [-0.2, 0) is 27.9 Å². The predicted octanol–water partition coefficient (Wildman–Crippen LogP) is 1.05. The van der Waals surface area contributed by atoms with Crippen LogP contribution in [-0.4, -0.2) is 35.3 Å². The van der Waals surface area contributed by atoms with Crippen LogP contribution >= 0.6 is 0 Å². The summed E-state index contributed by atoms with van der Waals surface area (Å²) in [6.07, 6.45) is 2.31. The van der Waals surface area contributed by atoms with E-state index in [1.807, 2.05) is 6.92 Å². The zero-order chi connectivity index (χ0) is 13.7. The molecule has 1 aromatic heterocycles. The van der Waals surface area contributed by atoms with Crippen molar-refractivity contribution in [3.05, 3.63) is 12.2 Å². The molecule has 0 spiro atoms. The maximum atomic E-state index is 12.1. The van der Waals surface area contributed by atoms with E-state index in [4.69, 9.17) is 5.11 Å². The molecule has 0 aliphatic carbocycles. The lowest BCUT2D eigenvalue weighted by atomic mass is 10.1. The van der Waals surface area contributed by atoms with Crippen LogP contribution < -0.4 is 0 Å². The van der Waals surface area contributed by atoms with Gasteiger partial charge >= 0.3 is 5.97 Å². The normalized spacial score (nSPS) is 14.7. The van der Waals surface area contributed by atoms with E-state index in [2.05, 4.69) is 10.1 Å². The molecule has 1 heterocycles. The molecule has 0 aliphatic heterocycles. The smallest absolute Gasteiger partial charge is 0.319 e. The number of hydrogen-bond donors (Lipinski definition) is 1. The fourth-order valence-corrected chi connectivity index (χ4v) is 3.21. The van der Waals surface area contributed by atoms with Gasteiger partial charge in [-0.1, -0.05) is 20.8 Å². The molecule has 7 heteroatoms. The van der Waals surface area contributed by atoms with Crippen LogP contribution in [0.25, 0.3) is 0 Å². The summed E-state index contributed by atoms with van der Waals surface area (Å²) in [6.45, 7) is 6.23. The van der Waals surface area contributed by atoms with Crippen LogP contribution in [0.3, 0.4) is 0 Å². The van der Waals surface area contributed by atoms with Gasteiger partial charge in [-0.05, 0) is 12.3 Å². The van der Waals surface area contributed by atoms with Crippen LogP contribution in [0, 0.1) is 5.92 Å². The van der Waals surface area contributed by atoms with E-state index in [9.17, 15) is 9.00 Å². The maximum Gasteiger partial charge on any atom is 0.319 e. The molecule has 0 saturated heterocycles. The van der Waals surface area contributed by atoms with E-state index in [1.54, 1.807) is 18.5 Å². The zero-order valence-corrected chi connectivity index (χ0v) is 11.7. The van der Waals surface area contributed by atoms with Gasteiger partial charge in [0.2, 0.25) is 0 Å². The number of aromatic nitrogens is 3. The van der Waals surface area contributed by atoms with Crippen molar-refractivity contribution in [2.24, 2.45) is 5.92 Å². The molecule has 0 bridgehead atoms. The molecule has 0 amide bonds. The predicted molar refractivity (Wildman–Crippen MR) is 68.4 cm³/mol. The van der Waals surface area contributed by atoms with Crippen molar-refractivity contribution in [1.29, 1.82) is 0 Å². The summed E-state index contributed by atoms with van der Waals surface area (Å²) in [7, 11) is -1.48. The summed E-state index contributed by atoms with van der Waals surface area (Å²) in [5.74, 6) is -0.479. The van der Waals surface area contributed by atoms with Crippen LogP contribution in [0.2, 0.25) is 0 Å². The average Bonchev–Trinajstić information content (AvgIpc) is 2.65. The third-order valence-corrected chi connectivity index (χ3v) is 4.39. The van der Waals surface area contributed by atoms with Gasteiger partial charge in [0.05, 0.1) is 5.75 Å². The largest absolute Gasteiger partial charge is 0.480 e. The molecule has 1 N–H and O–H groups in total. The molecule has 18 heavy (non-hydrogen) atoms. The summed E-state index contributed by atoms with van der Waals surface area (Å²) >= 11 is 0. The molecule has 0 saturated carbocycles. The molecule has 0 aliphatic rings. The average molecular weight is 273 g/mol. The number of rotatable bonds is 7. The first-order chi connectivity index (χ1) is 8.47. The molecule has 0 aromatic carbocycles. The van der Waals surface area contributed by atoms with Gasteiger partial charge in [0, 0.05) is 17.3 Å². The van der Waals surface area contributed by atoms with Crippen molar-refractivity contribution in [3.8, 4) is 0 Å². The highest BCUT2D eigenvalue weighted by molar-refractivity contribution is 7.85. The zero-order valence-electron chi connectivity index (χ0n) is 10.9.